The molecule has 1 aliphatic rings. The van der Waals surface area contributed by atoms with E-state index in [1.165, 1.54) is 5.56 Å². The van der Waals surface area contributed by atoms with Crippen molar-refractivity contribution in [1.29, 1.82) is 0 Å². The number of ether oxygens (including phenoxy) is 2. The van der Waals surface area contributed by atoms with Crippen LogP contribution in [0.4, 0.5) is 0 Å². The second kappa shape index (κ2) is 10.6. The minimum absolute atomic E-state index is 0.0376. The van der Waals surface area contributed by atoms with E-state index < -0.39 is 34.6 Å². The lowest BCUT2D eigenvalue weighted by Gasteiger charge is -2.27. The van der Waals surface area contributed by atoms with Crippen molar-refractivity contribution in [1.82, 2.24) is 0 Å². The Morgan fingerprint density at radius 2 is 1.56 bits per heavy atom. The number of rotatable bonds is 6. The number of hydrogen-bond acceptors (Lipinski definition) is 5. The van der Waals surface area contributed by atoms with E-state index in [0.717, 1.165) is 46.4 Å². The van der Waals surface area contributed by atoms with Gasteiger partial charge in [0, 0.05) is 10.5 Å². The third-order valence-corrected chi connectivity index (χ3v) is 10.1. The Bertz CT molecular complexity index is 1600. The molecule has 0 N–H and O–H groups in total. The summed E-state index contributed by atoms with van der Waals surface area (Å²) in [6.07, 6.45) is 4.52. The lowest BCUT2D eigenvalue weighted by molar-refractivity contribution is -0.163. The predicted octanol–water partition coefficient (Wildman–Crippen LogP) is 7.81. The van der Waals surface area contributed by atoms with Gasteiger partial charge in [-0.3, -0.25) is 4.79 Å². The molecule has 0 bridgehead atoms. The van der Waals surface area contributed by atoms with Crippen molar-refractivity contribution >= 4 is 42.6 Å². The van der Waals surface area contributed by atoms with Gasteiger partial charge in [-0.25, -0.2) is 9.59 Å². The molecule has 1 aromatic heterocycles. The van der Waals surface area contributed by atoms with Crippen LogP contribution in [0.25, 0.3) is 25.1 Å². The molecule has 4 aromatic rings. The lowest BCUT2D eigenvalue weighted by Crippen LogP contribution is -2.33. The zero-order valence-corrected chi connectivity index (χ0v) is 23.9. The first-order valence-corrected chi connectivity index (χ1v) is 14.9. The van der Waals surface area contributed by atoms with Crippen molar-refractivity contribution in [2.45, 2.75) is 70.8 Å². The number of esters is 2. The van der Waals surface area contributed by atoms with Crippen molar-refractivity contribution in [3.63, 3.8) is 0 Å². The molecular formula is C33H35O5S+. The maximum absolute atomic E-state index is 13.6. The number of carbonyl (C=O) groups excluding carboxylic acids is 2. The van der Waals surface area contributed by atoms with E-state index in [9.17, 15) is 14.4 Å². The van der Waals surface area contributed by atoms with Crippen LogP contribution in [0.15, 0.2) is 71.5 Å². The first kappa shape index (κ1) is 27.1. The van der Waals surface area contributed by atoms with Crippen molar-refractivity contribution < 1.29 is 19.1 Å². The van der Waals surface area contributed by atoms with Crippen molar-refractivity contribution in [2.75, 3.05) is 6.61 Å². The molecule has 1 aliphatic carbocycles. The first-order valence-electron chi connectivity index (χ1n) is 13.6. The number of carbonyl (C=O) groups is 2. The average molecular weight is 544 g/mol. The van der Waals surface area contributed by atoms with E-state index in [-0.39, 0.29) is 16.4 Å². The molecule has 0 amide bonds. The fraction of sp³-hybridized carbons (Fsp3) is 0.364. The minimum Gasteiger partial charge on any atom is -0.457 e. The summed E-state index contributed by atoms with van der Waals surface area (Å²) in [6.45, 7) is 8.12. The summed E-state index contributed by atoms with van der Waals surface area (Å²) in [7, 11) is -0.502. The Labute approximate surface area is 231 Å². The number of fused-ring (bicyclic) bond motifs is 2. The first-order chi connectivity index (χ1) is 18.6. The van der Waals surface area contributed by atoms with Crippen LogP contribution in [0.2, 0.25) is 0 Å². The van der Waals surface area contributed by atoms with Crippen molar-refractivity contribution in [2.24, 2.45) is 0 Å². The standard InChI is InChI=1S/C33H35O5S/c1-5-33(18-8-9-19-33)38-29(34)21-37-31(36)22-12-17-28-26(20-22)30(35)25-10-6-7-11-27(25)39(28)24-15-13-23(14-16-24)32(2,3)4/h6-7,10-17,20H,5,8-9,18-19,21H2,1-4H3/q+1. The van der Waals surface area contributed by atoms with Crippen LogP contribution in [-0.4, -0.2) is 24.1 Å². The number of hydrogen-bond donors (Lipinski definition) is 0. The molecule has 6 heteroatoms. The highest BCUT2D eigenvalue weighted by atomic mass is 32.2. The summed E-state index contributed by atoms with van der Waals surface area (Å²) in [6, 6.07) is 21.4. The monoisotopic (exact) mass is 543 g/mol. The zero-order chi connectivity index (χ0) is 27.8. The molecule has 5 nitrogen and oxygen atoms in total. The lowest BCUT2D eigenvalue weighted by atomic mass is 9.87. The molecule has 1 fully saturated rings. The van der Waals surface area contributed by atoms with Crippen LogP contribution in [0.3, 0.4) is 0 Å². The highest BCUT2D eigenvalue weighted by Crippen LogP contribution is 2.44. The molecule has 202 valence electrons. The van der Waals surface area contributed by atoms with Gasteiger partial charge in [-0.05, 0) is 85.5 Å². The summed E-state index contributed by atoms with van der Waals surface area (Å²) < 4.78 is 12.9. The predicted molar refractivity (Wildman–Crippen MR) is 158 cm³/mol. The third-order valence-electron chi connectivity index (χ3n) is 7.80. The summed E-state index contributed by atoms with van der Waals surface area (Å²) in [5.74, 6) is -1.18. The molecule has 5 rings (SSSR count). The van der Waals surface area contributed by atoms with Crippen LogP contribution < -0.4 is 5.43 Å². The molecular weight excluding hydrogens is 508 g/mol. The highest BCUT2D eigenvalue weighted by Gasteiger charge is 2.36. The number of benzene rings is 3. The maximum atomic E-state index is 13.6. The Kier molecular flexibility index (Phi) is 7.34. The van der Waals surface area contributed by atoms with Gasteiger partial charge in [-0.15, -0.1) is 0 Å². The van der Waals surface area contributed by atoms with Gasteiger partial charge in [0.05, 0.1) is 16.3 Å². The summed E-state index contributed by atoms with van der Waals surface area (Å²) in [5, 5.41) is 1.13. The molecule has 0 radical (unpaired) electrons. The van der Waals surface area contributed by atoms with E-state index in [1.807, 2.05) is 37.3 Å². The molecule has 1 unspecified atom stereocenters. The van der Waals surface area contributed by atoms with Gasteiger partial charge < -0.3 is 9.47 Å². The quantitative estimate of drug-likeness (QED) is 0.141. The van der Waals surface area contributed by atoms with E-state index in [2.05, 4.69) is 45.0 Å². The minimum atomic E-state index is -0.646. The smallest absolute Gasteiger partial charge is 0.344 e. The van der Waals surface area contributed by atoms with E-state index in [0.29, 0.717) is 10.8 Å². The van der Waals surface area contributed by atoms with Crippen LogP contribution >= 0.6 is 10.5 Å². The molecule has 1 atom stereocenters. The Morgan fingerprint density at radius 3 is 2.23 bits per heavy atom. The SMILES string of the molecule is CCC1(OC(=O)COC(=O)c2ccc3c(c2)c(=O)c2ccccc2[s+]3-c2ccc(C(C)(C)C)cc2)CCCC1. The zero-order valence-electron chi connectivity index (χ0n) is 23.0. The fourth-order valence-corrected chi connectivity index (χ4v) is 7.80. The van der Waals surface area contributed by atoms with Crippen LogP contribution in [-0.2, 0) is 19.7 Å². The van der Waals surface area contributed by atoms with E-state index >= 15 is 0 Å². The Morgan fingerprint density at radius 1 is 0.897 bits per heavy atom. The molecule has 1 saturated carbocycles. The largest absolute Gasteiger partial charge is 0.457 e. The van der Waals surface area contributed by atoms with Gasteiger partial charge in [0.15, 0.2) is 20.9 Å². The molecule has 0 saturated heterocycles. The van der Waals surface area contributed by atoms with Crippen LogP contribution in [0.1, 0.15) is 75.7 Å². The molecule has 0 aliphatic heterocycles. The summed E-state index contributed by atoms with van der Waals surface area (Å²) in [4.78, 5) is 40.0. The Hall–Kier alpha value is -3.51. The maximum Gasteiger partial charge on any atom is 0.344 e. The fourth-order valence-electron chi connectivity index (χ4n) is 5.48. The summed E-state index contributed by atoms with van der Waals surface area (Å²) in [5.41, 5.74) is 0.972. The van der Waals surface area contributed by atoms with E-state index in [1.54, 1.807) is 12.1 Å². The topological polar surface area (TPSA) is 69.7 Å². The van der Waals surface area contributed by atoms with Crippen molar-refractivity contribution in [3.05, 3.63) is 88.1 Å². The molecule has 39 heavy (non-hydrogen) atoms. The molecule has 0 spiro atoms. The van der Waals surface area contributed by atoms with Gasteiger partial charge in [0.25, 0.3) is 0 Å². The second-order valence-electron chi connectivity index (χ2n) is 11.4. The van der Waals surface area contributed by atoms with E-state index in [4.69, 9.17) is 9.47 Å². The van der Waals surface area contributed by atoms with Crippen LogP contribution in [0.5, 0.6) is 0 Å². The van der Waals surface area contributed by atoms with Gasteiger partial charge in [0.2, 0.25) is 5.43 Å². The summed E-state index contributed by atoms with van der Waals surface area (Å²) >= 11 is 0. The second-order valence-corrected chi connectivity index (χ2v) is 13.4. The normalized spacial score (nSPS) is 15.4. The third kappa shape index (κ3) is 5.35. The Balaban J connectivity index is 1.48. The van der Waals surface area contributed by atoms with Gasteiger partial charge in [0.1, 0.15) is 5.60 Å². The molecule has 1 heterocycles. The van der Waals surface area contributed by atoms with Gasteiger partial charge in [-0.1, -0.05) is 52.0 Å². The highest BCUT2D eigenvalue weighted by molar-refractivity contribution is 7.49. The molecule has 3 aromatic carbocycles. The average Bonchev–Trinajstić information content (AvgIpc) is 3.40. The van der Waals surface area contributed by atoms with Crippen molar-refractivity contribution in [3.8, 4) is 4.90 Å². The van der Waals surface area contributed by atoms with Gasteiger partial charge in [-0.2, -0.15) is 0 Å². The van der Waals surface area contributed by atoms with Gasteiger partial charge >= 0.3 is 11.9 Å². The van der Waals surface area contributed by atoms with Crippen LogP contribution in [0, 0.1) is 0 Å².